The fourth-order valence-corrected chi connectivity index (χ4v) is 6.59. The number of anilines is 3. The maximum Gasteiger partial charge on any atom is 0.433 e. The van der Waals surface area contributed by atoms with Crippen molar-refractivity contribution in [3.63, 3.8) is 0 Å². The molecule has 15 heteroatoms. The molecule has 4 N–H and O–H groups in total. The second-order valence-corrected chi connectivity index (χ2v) is 12.5. The molecule has 0 aliphatic carbocycles. The number of morpholine rings is 2. The van der Waals surface area contributed by atoms with E-state index in [0.717, 1.165) is 61.5 Å². The lowest BCUT2D eigenvalue weighted by atomic mass is 10.0. The highest BCUT2D eigenvalue weighted by Gasteiger charge is 2.42. The second kappa shape index (κ2) is 13.6. The van der Waals surface area contributed by atoms with Crippen LogP contribution in [0.15, 0.2) is 85.2 Å². The fourth-order valence-electron chi connectivity index (χ4n) is 6.59. The number of ether oxygens (including phenoxy) is 2. The van der Waals surface area contributed by atoms with E-state index in [9.17, 15) is 31.1 Å². The molecule has 2 aromatic carbocycles. The first-order valence-electron chi connectivity index (χ1n) is 16.0. The van der Waals surface area contributed by atoms with Gasteiger partial charge in [-0.3, -0.25) is 14.8 Å². The SMILES string of the molecule is FC(F)(F)c1cc(Nc2ccc([C@H]3O[C@@H]4CN[C@H]3C4)cc2)ccn1.O=C(Nc1ccc([C@H]2O[C@@H]3CN[C@H]2C3)cc1)c1ccc(C(F)(F)F)cn1. The van der Waals surface area contributed by atoms with Gasteiger partial charge in [-0.15, -0.1) is 0 Å². The highest BCUT2D eigenvalue weighted by molar-refractivity contribution is 6.02. The van der Waals surface area contributed by atoms with Crippen LogP contribution in [0.5, 0.6) is 0 Å². The summed E-state index contributed by atoms with van der Waals surface area (Å²) in [6.45, 7) is 1.79. The van der Waals surface area contributed by atoms with Gasteiger partial charge in [0, 0.05) is 54.6 Å². The van der Waals surface area contributed by atoms with Crippen LogP contribution in [0.1, 0.15) is 57.9 Å². The molecule has 1 amide bonds. The van der Waals surface area contributed by atoms with Crippen LogP contribution in [0.4, 0.5) is 43.4 Å². The number of carbonyl (C=O) groups excluding carboxylic acids is 1. The first-order chi connectivity index (χ1) is 23.9. The lowest BCUT2D eigenvalue weighted by Gasteiger charge is -2.23. The topological polar surface area (TPSA) is 109 Å². The monoisotopic (exact) mass is 698 g/mol. The Morgan fingerprint density at radius 2 is 1.28 bits per heavy atom. The van der Waals surface area contributed by atoms with Crippen LogP contribution >= 0.6 is 0 Å². The molecular formula is C35H32F6N6O3. The zero-order valence-electron chi connectivity index (χ0n) is 26.3. The molecule has 0 spiro atoms. The van der Waals surface area contributed by atoms with Gasteiger partial charge in [0.2, 0.25) is 0 Å². The summed E-state index contributed by atoms with van der Waals surface area (Å²) in [6, 6.07) is 19.9. The van der Waals surface area contributed by atoms with Crippen LogP contribution < -0.4 is 21.3 Å². The van der Waals surface area contributed by atoms with Gasteiger partial charge in [-0.2, -0.15) is 26.3 Å². The van der Waals surface area contributed by atoms with Crippen molar-refractivity contribution >= 4 is 23.0 Å². The van der Waals surface area contributed by atoms with Crippen LogP contribution in [0.2, 0.25) is 0 Å². The van der Waals surface area contributed by atoms with Crippen LogP contribution in [0.25, 0.3) is 0 Å². The number of benzene rings is 2. The third kappa shape index (κ3) is 7.60. The molecule has 0 saturated carbocycles. The van der Waals surface area contributed by atoms with Crippen molar-refractivity contribution in [2.75, 3.05) is 23.7 Å². The number of halogens is 6. The van der Waals surface area contributed by atoms with E-state index >= 15 is 0 Å². The Labute approximate surface area is 282 Å². The number of carbonyl (C=O) groups is 1. The van der Waals surface area contributed by atoms with Gasteiger partial charge in [-0.05, 0) is 72.5 Å². The Hall–Kier alpha value is -4.57. The molecule has 0 unspecified atom stereocenters. The smallest absolute Gasteiger partial charge is 0.367 e. The van der Waals surface area contributed by atoms with Crippen molar-refractivity contribution in [1.82, 2.24) is 20.6 Å². The third-order valence-corrected chi connectivity index (χ3v) is 9.06. The summed E-state index contributed by atoms with van der Waals surface area (Å²) in [5, 5.41) is 12.4. The largest absolute Gasteiger partial charge is 0.433 e. The average molecular weight is 699 g/mol. The third-order valence-electron chi connectivity index (χ3n) is 9.06. The van der Waals surface area contributed by atoms with E-state index < -0.39 is 29.5 Å². The van der Waals surface area contributed by atoms with Crippen molar-refractivity contribution in [3.05, 3.63) is 113 Å². The molecule has 4 aromatic rings. The van der Waals surface area contributed by atoms with Gasteiger partial charge in [0.25, 0.3) is 5.91 Å². The minimum absolute atomic E-state index is 0.00933. The lowest BCUT2D eigenvalue weighted by molar-refractivity contribution is -0.141. The molecule has 8 rings (SSSR count). The van der Waals surface area contributed by atoms with E-state index in [0.29, 0.717) is 35.3 Å². The molecule has 4 aliphatic rings. The number of nitrogens with zero attached hydrogens (tertiary/aromatic N) is 2. The van der Waals surface area contributed by atoms with E-state index in [4.69, 9.17) is 9.47 Å². The van der Waals surface area contributed by atoms with Gasteiger partial charge in [0.1, 0.15) is 11.4 Å². The Morgan fingerprint density at radius 3 is 1.74 bits per heavy atom. The number of amides is 1. The summed E-state index contributed by atoms with van der Waals surface area (Å²) in [7, 11) is 0. The van der Waals surface area contributed by atoms with Crippen molar-refractivity contribution in [2.45, 2.75) is 61.7 Å². The van der Waals surface area contributed by atoms with Gasteiger partial charge in [-0.25, -0.2) is 0 Å². The lowest BCUT2D eigenvalue weighted by Crippen LogP contribution is -2.33. The number of fused-ring (bicyclic) bond motifs is 4. The number of aromatic nitrogens is 2. The van der Waals surface area contributed by atoms with Crippen LogP contribution in [-0.2, 0) is 21.8 Å². The summed E-state index contributed by atoms with van der Waals surface area (Å²) < 4.78 is 87.6. The molecule has 6 atom stereocenters. The van der Waals surface area contributed by atoms with Crippen LogP contribution in [0.3, 0.4) is 0 Å². The van der Waals surface area contributed by atoms with Crippen molar-refractivity contribution in [1.29, 1.82) is 0 Å². The normalized spacial score (nSPS) is 25.2. The minimum Gasteiger partial charge on any atom is -0.367 e. The Balaban J connectivity index is 0.000000157. The predicted octanol–water partition coefficient (Wildman–Crippen LogP) is 6.80. The van der Waals surface area contributed by atoms with Gasteiger partial charge in [-0.1, -0.05) is 24.3 Å². The summed E-state index contributed by atoms with van der Waals surface area (Å²) in [4.78, 5) is 19.1. The standard InChI is InChI=1S/C18H16F3N3O2.C17H16F3N3O/c19-18(20,21)11-3-6-14(22-8-11)17(25)24-12-4-1-10(2-5-12)16-15-7-13(26-16)9-23-15;18-17(19,20)15-7-12(5-6-21-15)23-11-3-1-10(2-4-11)16-14-8-13(24-16)9-22-14/h1-6,8,13,15-16,23H,7,9H2,(H,24,25);1-7,13-14,16,22H,8-9H2,(H,21,23)/t13-,15-,16+;13-,14-,16+/m00/s1. The molecule has 4 bridgehead atoms. The Kier molecular flexibility index (Phi) is 9.24. The predicted molar refractivity (Wildman–Crippen MR) is 171 cm³/mol. The van der Waals surface area contributed by atoms with Crippen molar-refractivity contribution < 1.29 is 40.6 Å². The van der Waals surface area contributed by atoms with E-state index in [2.05, 4.69) is 31.2 Å². The summed E-state index contributed by atoms with van der Waals surface area (Å²) in [6.07, 6.45) is -4.49. The number of pyridine rings is 2. The molecule has 9 nitrogen and oxygen atoms in total. The second-order valence-electron chi connectivity index (χ2n) is 12.5. The molecule has 50 heavy (non-hydrogen) atoms. The highest BCUT2D eigenvalue weighted by atomic mass is 19.4. The maximum absolute atomic E-state index is 12.7. The van der Waals surface area contributed by atoms with E-state index in [1.54, 1.807) is 12.1 Å². The van der Waals surface area contributed by atoms with Crippen molar-refractivity contribution in [3.8, 4) is 0 Å². The zero-order valence-corrected chi connectivity index (χ0v) is 26.3. The molecule has 4 fully saturated rings. The molecule has 2 aromatic heterocycles. The van der Waals surface area contributed by atoms with Crippen LogP contribution in [-0.4, -0.2) is 53.3 Å². The van der Waals surface area contributed by atoms with E-state index in [1.165, 1.54) is 6.07 Å². The molecule has 4 saturated heterocycles. The summed E-state index contributed by atoms with van der Waals surface area (Å²) in [5.74, 6) is -0.565. The van der Waals surface area contributed by atoms with Gasteiger partial charge < -0.3 is 30.7 Å². The highest BCUT2D eigenvalue weighted by Crippen LogP contribution is 2.38. The molecule has 4 aliphatic heterocycles. The number of hydrogen-bond acceptors (Lipinski definition) is 8. The summed E-state index contributed by atoms with van der Waals surface area (Å²) in [5.41, 5.74) is 1.82. The quantitative estimate of drug-likeness (QED) is 0.163. The minimum atomic E-state index is -4.48. The maximum atomic E-state index is 12.7. The number of hydrogen-bond donors (Lipinski definition) is 4. The number of rotatable bonds is 6. The van der Waals surface area contributed by atoms with Gasteiger partial charge in [0.15, 0.2) is 0 Å². The van der Waals surface area contributed by atoms with E-state index in [1.807, 2.05) is 36.4 Å². The molecule has 262 valence electrons. The fraction of sp³-hybridized carbons (Fsp3) is 0.343. The van der Waals surface area contributed by atoms with Crippen molar-refractivity contribution in [2.24, 2.45) is 0 Å². The molecule has 6 heterocycles. The number of alkyl halides is 6. The summed E-state index contributed by atoms with van der Waals surface area (Å²) >= 11 is 0. The van der Waals surface area contributed by atoms with E-state index in [-0.39, 0.29) is 30.1 Å². The first kappa shape index (κ1) is 33.9. The molecule has 0 radical (unpaired) electrons. The average Bonchev–Trinajstić information content (AvgIpc) is 3.93. The Bertz CT molecular complexity index is 1800. The Morgan fingerprint density at radius 1 is 0.700 bits per heavy atom. The first-order valence-corrected chi connectivity index (χ1v) is 16.0. The molecular weight excluding hydrogens is 666 g/mol. The van der Waals surface area contributed by atoms with Crippen LogP contribution in [0, 0.1) is 0 Å². The number of nitrogens with one attached hydrogen (secondary N) is 4. The van der Waals surface area contributed by atoms with Gasteiger partial charge in [0.05, 0.1) is 30.0 Å². The zero-order chi connectivity index (χ0) is 35.0. The van der Waals surface area contributed by atoms with Gasteiger partial charge >= 0.3 is 12.4 Å².